The summed E-state index contributed by atoms with van der Waals surface area (Å²) in [6.07, 6.45) is 0. The Hall–Kier alpha value is -4.88. The molecular formula is C36H21N. The van der Waals surface area contributed by atoms with Gasteiger partial charge in [0.05, 0.1) is 16.6 Å². The van der Waals surface area contributed by atoms with Gasteiger partial charge in [-0.25, -0.2) is 0 Å². The molecule has 37 heavy (non-hydrogen) atoms. The van der Waals surface area contributed by atoms with Gasteiger partial charge in [0, 0.05) is 21.5 Å². The van der Waals surface area contributed by atoms with Crippen molar-refractivity contribution in [2.45, 2.75) is 0 Å². The average Bonchev–Trinajstić information content (AvgIpc) is 3.44. The van der Waals surface area contributed by atoms with E-state index in [2.05, 4.69) is 132 Å². The fourth-order valence-electron chi connectivity index (χ4n) is 6.55. The minimum absolute atomic E-state index is 1.27. The summed E-state index contributed by atoms with van der Waals surface area (Å²) in [4.78, 5) is 0. The number of hydrogen-bond donors (Lipinski definition) is 0. The number of benzene rings is 7. The molecule has 2 aromatic heterocycles. The van der Waals surface area contributed by atoms with E-state index in [0.717, 1.165) is 0 Å². The molecule has 7 aromatic carbocycles. The van der Waals surface area contributed by atoms with Crippen LogP contribution in [0.3, 0.4) is 0 Å². The zero-order valence-electron chi connectivity index (χ0n) is 20.1. The zero-order chi connectivity index (χ0) is 24.1. The van der Waals surface area contributed by atoms with E-state index in [1.54, 1.807) is 0 Å². The molecule has 0 unspecified atom stereocenters. The predicted molar refractivity (Wildman–Crippen MR) is 159 cm³/mol. The number of hydrogen-bond acceptors (Lipinski definition) is 0. The molecule has 0 N–H and O–H groups in total. The lowest BCUT2D eigenvalue weighted by molar-refractivity contribution is 1.38. The topological polar surface area (TPSA) is 4.41 Å². The third kappa shape index (κ3) is 2.53. The predicted octanol–water partition coefficient (Wildman–Crippen LogP) is 9.96. The summed E-state index contributed by atoms with van der Waals surface area (Å²) < 4.78 is 2.50. The minimum atomic E-state index is 1.27. The summed E-state index contributed by atoms with van der Waals surface area (Å²) in [5, 5.41) is 13.0. The van der Waals surface area contributed by atoms with Crippen LogP contribution in [0.25, 0.3) is 81.5 Å². The molecule has 9 rings (SSSR count). The summed E-state index contributed by atoms with van der Waals surface area (Å²) in [6, 6.07) is 47.1. The van der Waals surface area contributed by atoms with Gasteiger partial charge >= 0.3 is 0 Å². The van der Waals surface area contributed by atoms with E-state index in [1.165, 1.54) is 81.5 Å². The smallest absolute Gasteiger partial charge is 0.0620 e. The Morgan fingerprint density at radius 2 is 0.838 bits per heavy atom. The molecule has 0 aliphatic heterocycles. The number of rotatable bonds is 1. The van der Waals surface area contributed by atoms with Gasteiger partial charge in [-0.05, 0) is 79.8 Å². The SMILES string of the molecule is c1ccc2cc3c(cc2c1)c1cc(-c2cccc4ccccc24)cc2c4cc5ccccc5cc4n3c12. The van der Waals surface area contributed by atoms with E-state index in [4.69, 9.17) is 0 Å². The van der Waals surface area contributed by atoms with E-state index in [0.29, 0.717) is 0 Å². The second-order valence-electron chi connectivity index (χ2n) is 10.2. The Kier molecular flexibility index (Phi) is 3.59. The van der Waals surface area contributed by atoms with Crippen LogP contribution in [-0.2, 0) is 0 Å². The molecule has 9 aromatic rings. The van der Waals surface area contributed by atoms with Crippen LogP contribution in [0, 0.1) is 0 Å². The Labute approximate surface area is 213 Å². The molecule has 2 heterocycles. The van der Waals surface area contributed by atoms with Gasteiger partial charge in [0.25, 0.3) is 0 Å². The minimum Gasteiger partial charge on any atom is -0.308 e. The Bertz CT molecular complexity index is 2220. The highest BCUT2D eigenvalue weighted by atomic mass is 14.9. The Balaban J connectivity index is 1.53. The summed E-state index contributed by atoms with van der Waals surface area (Å²) in [7, 11) is 0. The summed E-state index contributed by atoms with van der Waals surface area (Å²) >= 11 is 0. The van der Waals surface area contributed by atoms with Crippen LogP contribution in [0.4, 0.5) is 0 Å². The van der Waals surface area contributed by atoms with Crippen LogP contribution in [0.15, 0.2) is 127 Å². The number of nitrogens with zero attached hydrogens (tertiary/aromatic N) is 1. The molecule has 1 heteroatoms. The van der Waals surface area contributed by atoms with Crippen molar-refractivity contribution < 1.29 is 0 Å². The van der Waals surface area contributed by atoms with Crippen molar-refractivity contribution in [3.05, 3.63) is 127 Å². The first-order valence-electron chi connectivity index (χ1n) is 12.9. The molecule has 0 saturated carbocycles. The van der Waals surface area contributed by atoms with Gasteiger partial charge in [-0.15, -0.1) is 0 Å². The van der Waals surface area contributed by atoms with Crippen molar-refractivity contribution in [1.82, 2.24) is 4.40 Å². The second-order valence-corrected chi connectivity index (χ2v) is 10.2. The van der Waals surface area contributed by atoms with Crippen molar-refractivity contribution in [3.8, 4) is 11.1 Å². The molecule has 0 saturated heterocycles. The molecule has 1 nitrogen and oxygen atoms in total. The van der Waals surface area contributed by atoms with Gasteiger partial charge in [0.15, 0.2) is 0 Å². The quantitative estimate of drug-likeness (QED) is 0.226. The fourth-order valence-corrected chi connectivity index (χ4v) is 6.55. The lowest BCUT2D eigenvalue weighted by Gasteiger charge is -2.08. The van der Waals surface area contributed by atoms with Gasteiger partial charge in [0.2, 0.25) is 0 Å². The molecule has 0 fully saturated rings. The number of fused-ring (bicyclic) bond motifs is 9. The van der Waals surface area contributed by atoms with Crippen molar-refractivity contribution in [2.75, 3.05) is 0 Å². The lowest BCUT2D eigenvalue weighted by atomic mass is 9.94. The van der Waals surface area contributed by atoms with Crippen LogP contribution in [0.1, 0.15) is 0 Å². The highest BCUT2D eigenvalue weighted by molar-refractivity contribution is 6.27. The highest BCUT2D eigenvalue weighted by Gasteiger charge is 2.20. The van der Waals surface area contributed by atoms with Crippen LogP contribution in [-0.4, -0.2) is 4.40 Å². The van der Waals surface area contributed by atoms with Crippen LogP contribution < -0.4 is 0 Å². The van der Waals surface area contributed by atoms with E-state index >= 15 is 0 Å². The van der Waals surface area contributed by atoms with E-state index in [-0.39, 0.29) is 0 Å². The number of aromatic nitrogens is 1. The molecular weight excluding hydrogens is 446 g/mol. The Morgan fingerprint density at radius 1 is 0.351 bits per heavy atom. The first kappa shape index (κ1) is 19.3. The highest BCUT2D eigenvalue weighted by Crippen LogP contribution is 2.44. The van der Waals surface area contributed by atoms with Crippen LogP contribution in [0.2, 0.25) is 0 Å². The van der Waals surface area contributed by atoms with Gasteiger partial charge in [-0.1, -0.05) is 91.0 Å². The maximum Gasteiger partial charge on any atom is 0.0620 e. The van der Waals surface area contributed by atoms with Crippen molar-refractivity contribution >= 4 is 70.4 Å². The molecule has 0 bridgehead atoms. The molecule has 0 spiro atoms. The summed E-state index contributed by atoms with van der Waals surface area (Å²) in [5.41, 5.74) is 6.43. The molecule has 170 valence electrons. The summed E-state index contributed by atoms with van der Waals surface area (Å²) in [5.74, 6) is 0. The maximum absolute atomic E-state index is 2.50. The summed E-state index contributed by atoms with van der Waals surface area (Å²) in [6.45, 7) is 0. The van der Waals surface area contributed by atoms with Crippen molar-refractivity contribution in [1.29, 1.82) is 0 Å². The molecule has 0 aliphatic carbocycles. The lowest BCUT2D eigenvalue weighted by Crippen LogP contribution is -1.82. The van der Waals surface area contributed by atoms with E-state index in [1.807, 2.05) is 0 Å². The van der Waals surface area contributed by atoms with Crippen molar-refractivity contribution in [2.24, 2.45) is 0 Å². The van der Waals surface area contributed by atoms with Gasteiger partial charge in [-0.2, -0.15) is 0 Å². The van der Waals surface area contributed by atoms with Gasteiger partial charge < -0.3 is 4.40 Å². The van der Waals surface area contributed by atoms with Gasteiger partial charge in [-0.3, -0.25) is 0 Å². The fraction of sp³-hybridized carbons (Fsp3) is 0. The van der Waals surface area contributed by atoms with Gasteiger partial charge in [0.1, 0.15) is 0 Å². The monoisotopic (exact) mass is 467 g/mol. The van der Waals surface area contributed by atoms with Crippen molar-refractivity contribution in [3.63, 3.8) is 0 Å². The normalized spacial score (nSPS) is 12.3. The molecule has 0 amide bonds. The van der Waals surface area contributed by atoms with Crippen LogP contribution in [0.5, 0.6) is 0 Å². The third-order valence-electron chi connectivity index (χ3n) is 8.22. The second kappa shape index (κ2) is 6.87. The third-order valence-corrected chi connectivity index (χ3v) is 8.22. The first-order valence-corrected chi connectivity index (χ1v) is 12.9. The maximum atomic E-state index is 2.50. The average molecular weight is 468 g/mol. The first-order chi connectivity index (χ1) is 18.3. The molecule has 0 radical (unpaired) electrons. The van der Waals surface area contributed by atoms with E-state index in [9.17, 15) is 0 Å². The van der Waals surface area contributed by atoms with E-state index < -0.39 is 0 Å². The Morgan fingerprint density at radius 3 is 1.43 bits per heavy atom. The van der Waals surface area contributed by atoms with Crippen LogP contribution >= 0.6 is 0 Å². The molecule has 0 aliphatic rings. The largest absolute Gasteiger partial charge is 0.308 e. The standard InChI is InChI=1S/C36H21N/c1-3-11-25-20-34-30(16-23(25)9-1)32-18-27(29-15-7-13-22-8-5-6-14-28(22)29)19-33-31-17-24-10-2-4-12-26(24)21-35(31)37(34)36(32)33/h1-21H. The zero-order valence-corrected chi connectivity index (χ0v) is 20.1. The molecule has 0 atom stereocenters.